The van der Waals surface area contributed by atoms with Gasteiger partial charge in [0.2, 0.25) is 5.91 Å². The van der Waals surface area contributed by atoms with Gasteiger partial charge in [0.1, 0.15) is 10.0 Å². The lowest BCUT2D eigenvalue weighted by Gasteiger charge is -2.00. The van der Waals surface area contributed by atoms with Crippen LogP contribution in [-0.2, 0) is 0 Å². The van der Waals surface area contributed by atoms with Gasteiger partial charge in [-0.2, -0.15) is 0 Å². The van der Waals surface area contributed by atoms with E-state index < -0.39 is 11.9 Å². The topological polar surface area (TPSA) is 105 Å². The molecular weight excluding hydrogens is 290 g/mol. The van der Waals surface area contributed by atoms with Crippen molar-refractivity contribution < 1.29 is 14.7 Å². The molecule has 6 nitrogen and oxygen atoms in total. The average Bonchev–Trinajstić information content (AvgIpc) is 3.16. The van der Waals surface area contributed by atoms with E-state index in [4.69, 9.17) is 5.73 Å². The molecule has 0 saturated heterocycles. The molecular formula is C14H13N3O3S. The molecule has 0 radical (unpaired) electrons. The number of thiazole rings is 1. The van der Waals surface area contributed by atoms with Crippen LogP contribution in [0.4, 0.5) is 5.00 Å². The first-order chi connectivity index (χ1) is 10.0. The van der Waals surface area contributed by atoms with E-state index in [0.29, 0.717) is 21.6 Å². The molecule has 0 bridgehead atoms. The zero-order valence-electron chi connectivity index (χ0n) is 11.0. The van der Waals surface area contributed by atoms with Crippen LogP contribution in [0.5, 0.6) is 0 Å². The summed E-state index contributed by atoms with van der Waals surface area (Å²) < 4.78 is 0. The Morgan fingerprint density at radius 1 is 1.29 bits per heavy atom. The minimum Gasteiger partial charge on any atom is -0.476 e. The van der Waals surface area contributed by atoms with Gasteiger partial charge in [0.25, 0.3) is 0 Å². The van der Waals surface area contributed by atoms with Crippen molar-refractivity contribution in [2.24, 2.45) is 5.73 Å². The maximum absolute atomic E-state index is 11.3. The molecule has 0 spiro atoms. The summed E-state index contributed by atoms with van der Waals surface area (Å²) >= 11 is 1.30. The van der Waals surface area contributed by atoms with E-state index in [0.717, 1.165) is 18.4 Å². The summed E-state index contributed by atoms with van der Waals surface area (Å²) in [5.41, 5.74) is 6.40. The van der Waals surface area contributed by atoms with Gasteiger partial charge in [0.15, 0.2) is 5.69 Å². The Morgan fingerprint density at radius 3 is 2.48 bits per heavy atom. The van der Waals surface area contributed by atoms with Crippen LogP contribution >= 0.6 is 11.3 Å². The summed E-state index contributed by atoms with van der Waals surface area (Å²) in [7, 11) is 0. The molecule has 1 fully saturated rings. The fourth-order valence-corrected chi connectivity index (χ4v) is 2.92. The zero-order chi connectivity index (χ0) is 15.0. The van der Waals surface area contributed by atoms with Crippen molar-refractivity contribution in [2.45, 2.75) is 18.9 Å². The lowest BCUT2D eigenvalue weighted by atomic mass is 10.1. The van der Waals surface area contributed by atoms with Crippen LogP contribution in [-0.4, -0.2) is 28.0 Å². The number of rotatable bonds is 5. The van der Waals surface area contributed by atoms with E-state index >= 15 is 0 Å². The largest absolute Gasteiger partial charge is 0.476 e. The third-order valence-corrected chi connectivity index (χ3v) is 4.19. The molecule has 0 unspecified atom stereocenters. The first-order valence-electron chi connectivity index (χ1n) is 6.45. The first-order valence-corrected chi connectivity index (χ1v) is 7.27. The van der Waals surface area contributed by atoms with Crippen LogP contribution in [0, 0.1) is 0 Å². The number of hydrogen-bond acceptors (Lipinski definition) is 5. The highest BCUT2D eigenvalue weighted by atomic mass is 32.1. The molecule has 2 aromatic rings. The fourth-order valence-electron chi connectivity index (χ4n) is 1.88. The summed E-state index contributed by atoms with van der Waals surface area (Å²) in [6.45, 7) is 0. The highest BCUT2D eigenvalue weighted by Crippen LogP contribution is 2.35. The second kappa shape index (κ2) is 5.17. The molecule has 1 saturated carbocycles. The summed E-state index contributed by atoms with van der Waals surface area (Å²) in [4.78, 5) is 26.5. The van der Waals surface area contributed by atoms with Crippen LogP contribution in [0.2, 0.25) is 0 Å². The summed E-state index contributed by atoms with van der Waals surface area (Å²) in [6.07, 6.45) is 2.11. The number of hydrogen-bond donors (Lipinski definition) is 3. The number of aromatic carboxylic acids is 1. The molecule has 1 aromatic carbocycles. The molecule has 1 heterocycles. The number of carboxylic acid groups (broad SMARTS) is 1. The van der Waals surface area contributed by atoms with Crippen molar-refractivity contribution >= 4 is 28.2 Å². The van der Waals surface area contributed by atoms with E-state index in [-0.39, 0.29) is 5.69 Å². The number of carbonyl (C=O) groups is 2. The Balaban J connectivity index is 1.93. The van der Waals surface area contributed by atoms with Crippen LogP contribution in [0.1, 0.15) is 33.7 Å². The average molecular weight is 303 g/mol. The minimum absolute atomic E-state index is 0.0425. The van der Waals surface area contributed by atoms with Gasteiger partial charge >= 0.3 is 5.97 Å². The Kier molecular flexibility index (Phi) is 3.34. The number of primary amides is 1. The van der Waals surface area contributed by atoms with Crippen LogP contribution in [0.25, 0.3) is 10.6 Å². The number of nitrogens with one attached hydrogen (secondary N) is 1. The van der Waals surface area contributed by atoms with Crippen molar-refractivity contribution in [3.05, 3.63) is 35.5 Å². The molecule has 108 valence electrons. The predicted molar refractivity (Wildman–Crippen MR) is 79.7 cm³/mol. The molecule has 3 rings (SSSR count). The highest BCUT2D eigenvalue weighted by Gasteiger charge is 2.26. The van der Waals surface area contributed by atoms with Gasteiger partial charge in [-0.15, -0.1) is 0 Å². The number of nitrogens with two attached hydrogens (primary N) is 1. The molecule has 0 atom stereocenters. The van der Waals surface area contributed by atoms with Crippen LogP contribution in [0.3, 0.4) is 0 Å². The van der Waals surface area contributed by atoms with Crippen LogP contribution in [0.15, 0.2) is 24.3 Å². The monoisotopic (exact) mass is 303 g/mol. The molecule has 1 aliphatic rings. The summed E-state index contributed by atoms with van der Waals surface area (Å²) in [6, 6.07) is 6.99. The molecule has 1 amide bonds. The van der Waals surface area contributed by atoms with Gasteiger partial charge in [0.05, 0.1) is 0 Å². The Hall–Kier alpha value is -2.41. The van der Waals surface area contributed by atoms with Gasteiger partial charge in [-0.05, 0) is 25.0 Å². The second-order valence-corrected chi connectivity index (χ2v) is 5.86. The van der Waals surface area contributed by atoms with E-state index in [1.807, 2.05) is 0 Å². The second-order valence-electron chi connectivity index (χ2n) is 4.86. The quantitative estimate of drug-likeness (QED) is 0.785. The van der Waals surface area contributed by atoms with Crippen LogP contribution < -0.4 is 11.1 Å². The smallest absolute Gasteiger partial charge is 0.357 e. The Bertz CT molecular complexity index is 705. The Morgan fingerprint density at radius 2 is 1.95 bits per heavy atom. The van der Waals surface area contributed by atoms with E-state index in [1.54, 1.807) is 24.3 Å². The highest BCUT2D eigenvalue weighted by molar-refractivity contribution is 7.19. The van der Waals surface area contributed by atoms with E-state index in [2.05, 4.69) is 10.3 Å². The van der Waals surface area contributed by atoms with Crippen molar-refractivity contribution in [3.8, 4) is 10.6 Å². The SMILES string of the molecule is NC(=O)c1ccc(-c2nc(C(=O)O)c(NC3CC3)s2)cc1. The lowest BCUT2D eigenvalue weighted by Crippen LogP contribution is -2.10. The number of amides is 1. The van der Waals surface area contributed by atoms with Gasteiger partial charge in [-0.3, -0.25) is 4.79 Å². The Labute approximate surface area is 124 Å². The minimum atomic E-state index is -1.05. The molecule has 4 N–H and O–H groups in total. The normalized spacial score (nSPS) is 13.9. The predicted octanol–water partition coefficient (Wildman–Crippen LogP) is 2.18. The third-order valence-electron chi connectivity index (χ3n) is 3.16. The summed E-state index contributed by atoms with van der Waals surface area (Å²) in [5, 5.41) is 13.6. The maximum Gasteiger partial charge on any atom is 0.357 e. The molecule has 0 aliphatic heterocycles. The number of aromatic nitrogens is 1. The maximum atomic E-state index is 11.3. The standard InChI is InChI=1S/C14H13N3O3S/c15-11(18)7-1-3-8(4-2-7)12-17-10(14(19)20)13(21-12)16-9-5-6-9/h1-4,9,16H,5-6H2,(H2,15,18)(H,19,20). The number of carbonyl (C=O) groups excluding carboxylic acids is 1. The third kappa shape index (κ3) is 2.87. The summed E-state index contributed by atoms with van der Waals surface area (Å²) in [5.74, 6) is -1.54. The lowest BCUT2D eigenvalue weighted by molar-refractivity contribution is 0.0692. The van der Waals surface area contributed by atoms with Gasteiger partial charge in [-0.1, -0.05) is 23.5 Å². The van der Waals surface area contributed by atoms with Crippen molar-refractivity contribution in [1.29, 1.82) is 0 Å². The van der Waals surface area contributed by atoms with Gasteiger partial charge in [0, 0.05) is 17.2 Å². The number of anilines is 1. The van der Waals surface area contributed by atoms with E-state index in [9.17, 15) is 14.7 Å². The molecule has 21 heavy (non-hydrogen) atoms. The number of nitrogens with zero attached hydrogens (tertiary/aromatic N) is 1. The zero-order valence-corrected chi connectivity index (χ0v) is 11.8. The number of benzene rings is 1. The van der Waals surface area contributed by atoms with E-state index in [1.165, 1.54) is 11.3 Å². The molecule has 1 aliphatic carbocycles. The fraction of sp³-hybridized carbons (Fsp3) is 0.214. The van der Waals surface area contributed by atoms with Crippen molar-refractivity contribution in [3.63, 3.8) is 0 Å². The van der Waals surface area contributed by atoms with Crippen molar-refractivity contribution in [2.75, 3.05) is 5.32 Å². The van der Waals surface area contributed by atoms with Crippen molar-refractivity contribution in [1.82, 2.24) is 4.98 Å². The first kappa shape index (κ1) is 13.6. The van der Waals surface area contributed by atoms with Gasteiger partial charge in [-0.25, -0.2) is 9.78 Å². The number of carboxylic acids is 1. The molecule has 1 aromatic heterocycles. The van der Waals surface area contributed by atoms with Gasteiger partial charge < -0.3 is 16.2 Å². The molecule has 7 heteroatoms.